The first-order chi connectivity index (χ1) is 9.23. The fourth-order valence-electron chi connectivity index (χ4n) is 1.56. The Labute approximate surface area is 119 Å². The second-order valence-electron chi connectivity index (χ2n) is 5.51. The van der Waals surface area contributed by atoms with Crippen molar-refractivity contribution in [3.8, 4) is 0 Å². The Morgan fingerprint density at radius 1 is 1.15 bits per heavy atom. The molecule has 0 spiro atoms. The van der Waals surface area contributed by atoms with Crippen LogP contribution >= 0.6 is 0 Å². The summed E-state index contributed by atoms with van der Waals surface area (Å²) in [5.74, 6) is -0.0671. The van der Waals surface area contributed by atoms with Gasteiger partial charge in [-0.15, -0.1) is 0 Å². The lowest BCUT2D eigenvalue weighted by molar-refractivity contribution is -0.115. The Bertz CT molecular complexity index is 504. The van der Waals surface area contributed by atoms with Crippen molar-refractivity contribution in [1.29, 1.82) is 0 Å². The van der Waals surface area contributed by atoms with Crippen LogP contribution in [-0.4, -0.2) is 17.6 Å². The summed E-state index contributed by atoms with van der Waals surface area (Å²) < 4.78 is 5.20. The van der Waals surface area contributed by atoms with Crippen LogP contribution in [0.3, 0.4) is 0 Å². The van der Waals surface area contributed by atoms with E-state index in [1.165, 1.54) is 0 Å². The molecule has 0 saturated heterocycles. The predicted molar refractivity (Wildman–Crippen MR) is 80.0 cm³/mol. The molecule has 0 unspecified atom stereocenters. The summed E-state index contributed by atoms with van der Waals surface area (Å²) in [5, 5.41) is 5.48. The minimum Gasteiger partial charge on any atom is -0.444 e. The number of ether oxygens (including phenoxy) is 1. The zero-order valence-corrected chi connectivity index (χ0v) is 12.7. The summed E-state index contributed by atoms with van der Waals surface area (Å²) in [4.78, 5) is 23.2. The number of carbonyl (C=O) groups is 2. The molecular formula is C15H22N2O3. The van der Waals surface area contributed by atoms with Crippen molar-refractivity contribution in [3.63, 3.8) is 0 Å². The summed E-state index contributed by atoms with van der Waals surface area (Å²) in [5.41, 5.74) is 1.55. The van der Waals surface area contributed by atoms with Crippen molar-refractivity contribution in [2.45, 2.75) is 46.6 Å². The van der Waals surface area contributed by atoms with Crippen molar-refractivity contribution >= 4 is 23.4 Å². The van der Waals surface area contributed by atoms with Crippen molar-refractivity contribution in [1.82, 2.24) is 0 Å². The van der Waals surface area contributed by atoms with Crippen molar-refractivity contribution in [2.75, 3.05) is 10.6 Å². The number of carbonyl (C=O) groups excluding carboxylic acids is 2. The van der Waals surface area contributed by atoms with Crippen molar-refractivity contribution < 1.29 is 14.3 Å². The van der Waals surface area contributed by atoms with Gasteiger partial charge in [0.2, 0.25) is 5.91 Å². The van der Waals surface area contributed by atoms with E-state index in [1.807, 2.05) is 6.92 Å². The van der Waals surface area contributed by atoms with E-state index in [4.69, 9.17) is 4.74 Å². The van der Waals surface area contributed by atoms with Crippen LogP contribution in [0.15, 0.2) is 18.2 Å². The molecular weight excluding hydrogens is 256 g/mol. The van der Waals surface area contributed by atoms with Gasteiger partial charge >= 0.3 is 6.09 Å². The Morgan fingerprint density at radius 3 is 2.20 bits per heavy atom. The highest BCUT2D eigenvalue weighted by Crippen LogP contribution is 2.24. The van der Waals surface area contributed by atoms with E-state index >= 15 is 0 Å². The maximum atomic E-state index is 11.7. The van der Waals surface area contributed by atoms with E-state index in [2.05, 4.69) is 10.6 Å². The van der Waals surface area contributed by atoms with Gasteiger partial charge in [0.25, 0.3) is 0 Å². The molecule has 0 aromatic heterocycles. The monoisotopic (exact) mass is 278 g/mol. The normalized spacial score (nSPS) is 10.8. The van der Waals surface area contributed by atoms with E-state index in [0.717, 1.165) is 5.56 Å². The lowest BCUT2D eigenvalue weighted by Crippen LogP contribution is -2.27. The van der Waals surface area contributed by atoms with Gasteiger partial charge in [0.1, 0.15) is 5.60 Å². The second kappa shape index (κ2) is 6.41. The van der Waals surface area contributed by atoms with Gasteiger partial charge in [-0.3, -0.25) is 10.1 Å². The van der Waals surface area contributed by atoms with Crippen LogP contribution in [-0.2, 0) is 9.53 Å². The molecule has 0 aliphatic carbocycles. The van der Waals surface area contributed by atoms with Crippen molar-refractivity contribution in [3.05, 3.63) is 23.8 Å². The molecule has 5 heteroatoms. The van der Waals surface area contributed by atoms with Crippen LogP contribution in [0.4, 0.5) is 16.2 Å². The average Bonchev–Trinajstić information content (AvgIpc) is 2.31. The molecule has 1 rings (SSSR count). The van der Waals surface area contributed by atoms with E-state index < -0.39 is 11.7 Å². The van der Waals surface area contributed by atoms with E-state index in [9.17, 15) is 9.59 Å². The summed E-state index contributed by atoms with van der Waals surface area (Å²) in [6.07, 6.45) is -0.108. The molecule has 1 aromatic rings. The van der Waals surface area contributed by atoms with E-state index in [0.29, 0.717) is 17.8 Å². The summed E-state index contributed by atoms with van der Waals surface area (Å²) in [7, 11) is 0. The lowest BCUT2D eigenvalue weighted by Gasteiger charge is -2.20. The smallest absolute Gasteiger partial charge is 0.412 e. The first-order valence-corrected chi connectivity index (χ1v) is 6.62. The molecule has 0 fully saturated rings. The zero-order valence-electron chi connectivity index (χ0n) is 12.7. The molecule has 0 heterocycles. The first kappa shape index (κ1) is 16.0. The Kier molecular flexibility index (Phi) is 5.13. The minimum atomic E-state index is -0.550. The minimum absolute atomic E-state index is 0.0671. The zero-order chi connectivity index (χ0) is 15.3. The molecule has 0 aliphatic rings. The Morgan fingerprint density at radius 2 is 1.70 bits per heavy atom. The van der Waals surface area contributed by atoms with Crippen LogP contribution in [0, 0.1) is 6.92 Å². The van der Waals surface area contributed by atoms with E-state index in [1.54, 1.807) is 45.9 Å². The van der Waals surface area contributed by atoms with Gasteiger partial charge < -0.3 is 10.1 Å². The number of anilines is 2. The number of hydrogen-bond donors (Lipinski definition) is 2. The standard InChI is InChI=1S/C15H22N2O3/c1-6-13(18)16-11-8-7-9-12(10(11)2)17-14(19)20-15(3,4)5/h7-9H,6H2,1-5H3,(H,16,18)(H,17,19). The third kappa shape index (κ3) is 4.91. The van der Waals surface area contributed by atoms with Gasteiger partial charge in [-0.05, 0) is 45.4 Å². The van der Waals surface area contributed by atoms with Crippen LogP contribution in [0.1, 0.15) is 39.7 Å². The highest BCUT2D eigenvalue weighted by Gasteiger charge is 2.17. The third-order valence-corrected chi connectivity index (χ3v) is 2.56. The van der Waals surface area contributed by atoms with Gasteiger partial charge in [-0.1, -0.05) is 13.0 Å². The number of amides is 2. The molecule has 20 heavy (non-hydrogen) atoms. The topological polar surface area (TPSA) is 67.4 Å². The van der Waals surface area contributed by atoms with Gasteiger partial charge in [0, 0.05) is 17.8 Å². The SMILES string of the molecule is CCC(=O)Nc1cccc(NC(=O)OC(C)(C)C)c1C. The molecule has 5 nitrogen and oxygen atoms in total. The second-order valence-corrected chi connectivity index (χ2v) is 5.51. The van der Waals surface area contributed by atoms with Crippen molar-refractivity contribution in [2.24, 2.45) is 0 Å². The van der Waals surface area contributed by atoms with Crippen LogP contribution in [0.25, 0.3) is 0 Å². The first-order valence-electron chi connectivity index (χ1n) is 6.62. The molecule has 110 valence electrons. The number of nitrogens with one attached hydrogen (secondary N) is 2. The molecule has 2 amide bonds. The number of rotatable bonds is 3. The van der Waals surface area contributed by atoms with Gasteiger partial charge in [0.15, 0.2) is 0 Å². The predicted octanol–water partition coefficient (Wildman–Crippen LogP) is 3.69. The molecule has 0 saturated carbocycles. The molecule has 0 radical (unpaired) electrons. The fourth-order valence-corrected chi connectivity index (χ4v) is 1.56. The fraction of sp³-hybridized carbons (Fsp3) is 0.467. The van der Waals surface area contributed by atoms with Gasteiger partial charge in [-0.25, -0.2) is 4.79 Å². The molecule has 0 bridgehead atoms. The average molecular weight is 278 g/mol. The number of hydrogen-bond acceptors (Lipinski definition) is 3. The maximum absolute atomic E-state index is 11.7. The quantitative estimate of drug-likeness (QED) is 0.886. The Hall–Kier alpha value is -2.04. The highest BCUT2D eigenvalue weighted by molar-refractivity contribution is 5.94. The van der Waals surface area contributed by atoms with Gasteiger partial charge in [-0.2, -0.15) is 0 Å². The maximum Gasteiger partial charge on any atom is 0.412 e. The molecule has 0 aliphatic heterocycles. The highest BCUT2D eigenvalue weighted by atomic mass is 16.6. The third-order valence-electron chi connectivity index (χ3n) is 2.56. The lowest BCUT2D eigenvalue weighted by atomic mass is 10.1. The van der Waals surface area contributed by atoms with Crippen LogP contribution in [0.5, 0.6) is 0 Å². The largest absolute Gasteiger partial charge is 0.444 e. The molecule has 0 atom stereocenters. The summed E-state index contributed by atoms with van der Waals surface area (Å²) in [6.45, 7) is 9.03. The van der Waals surface area contributed by atoms with E-state index in [-0.39, 0.29) is 5.91 Å². The summed E-state index contributed by atoms with van der Waals surface area (Å²) >= 11 is 0. The Balaban J connectivity index is 2.84. The summed E-state index contributed by atoms with van der Waals surface area (Å²) in [6, 6.07) is 5.33. The van der Waals surface area contributed by atoms with Crippen LogP contribution < -0.4 is 10.6 Å². The molecule has 2 N–H and O–H groups in total. The van der Waals surface area contributed by atoms with Gasteiger partial charge in [0.05, 0.1) is 0 Å². The molecule has 1 aromatic carbocycles. The van der Waals surface area contributed by atoms with Crippen LogP contribution in [0.2, 0.25) is 0 Å². The number of benzene rings is 1.